The van der Waals surface area contributed by atoms with Gasteiger partial charge >= 0.3 is 0 Å². The van der Waals surface area contributed by atoms with E-state index in [9.17, 15) is 18.4 Å². The number of rotatable bonds is 6. The van der Waals surface area contributed by atoms with Gasteiger partial charge in [0.25, 0.3) is 5.92 Å². The van der Waals surface area contributed by atoms with Crippen LogP contribution in [0.2, 0.25) is 0 Å². The van der Waals surface area contributed by atoms with Crippen LogP contribution in [0.3, 0.4) is 0 Å². The van der Waals surface area contributed by atoms with Crippen molar-refractivity contribution in [3.8, 4) is 0 Å². The van der Waals surface area contributed by atoms with Crippen LogP contribution in [0, 0.1) is 17.8 Å². The number of carbonyl (C=O) groups is 2. The van der Waals surface area contributed by atoms with Gasteiger partial charge in [-0.15, -0.1) is 0 Å². The third kappa shape index (κ3) is 5.77. The standard InChI is InChI=1S/C23H34F2N6O2/c1-15(2)13-30-8-7-18(23(24,25)14-30)16-5-9-31(10-6-16)17-11-26-22(27-12-17)28-19-3-4-20(32)29-21(19)33/h11-12,15-16,18-19H,3-10,13-14H2,1-2H3,(H,26,27,28)(H,29,32,33). The molecule has 0 saturated carbocycles. The molecule has 4 heterocycles. The number of nitrogens with one attached hydrogen (secondary N) is 2. The van der Waals surface area contributed by atoms with Crippen LogP contribution in [0.1, 0.15) is 46.0 Å². The third-order valence-electron chi connectivity index (χ3n) is 7.01. The first-order valence-corrected chi connectivity index (χ1v) is 12.0. The van der Waals surface area contributed by atoms with Gasteiger partial charge in [0.15, 0.2) is 0 Å². The van der Waals surface area contributed by atoms with Crippen LogP contribution in [-0.2, 0) is 9.59 Å². The van der Waals surface area contributed by atoms with Gasteiger partial charge in [-0.3, -0.25) is 19.8 Å². The van der Waals surface area contributed by atoms with Gasteiger partial charge in [-0.1, -0.05) is 13.8 Å². The van der Waals surface area contributed by atoms with E-state index in [1.807, 2.05) is 4.90 Å². The molecule has 3 saturated heterocycles. The predicted molar refractivity (Wildman–Crippen MR) is 121 cm³/mol. The van der Waals surface area contributed by atoms with E-state index < -0.39 is 17.9 Å². The minimum Gasteiger partial charge on any atom is -0.369 e. The summed E-state index contributed by atoms with van der Waals surface area (Å²) in [5, 5.41) is 5.26. The summed E-state index contributed by atoms with van der Waals surface area (Å²) in [6.07, 6.45) is 6.12. The second kappa shape index (κ2) is 9.87. The van der Waals surface area contributed by atoms with E-state index in [2.05, 4.69) is 39.3 Å². The molecule has 0 aliphatic carbocycles. The highest BCUT2D eigenvalue weighted by molar-refractivity contribution is 6.01. The molecule has 0 bridgehead atoms. The lowest BCUT2D eigenvalue weighted by molar-refractivity contribution is -0.134. The van der Waals surface area contributed by atoms with Gasteiger partial charge in [0.05, 0.1) is 24.6 Å². The molecule has 2 unspecified atom stereocenters. The monoisotopic (exact) mass is 464 g/mol. The summed E-state index contributed by atoms with van der Waals surface area (Å²) >= 11 is 0. The summed E-state index contributed by atoms with van der Waals surface area (Å²) in [5.74, 6) is -3.05. The number of alkyl halides is 2. The van der Waals surface area contributed by atoms with Crippen molar-refractivity contribution in [3.05, 3.63) is 12.4 Å². The Kier molecular flexibility index (Phi) is 7.11. The van der Waals surface area contributed by atoms with E-state index in [4.69, 9.17) is 0 Å². The van der Waals surface area contributed by atoms with E-state index in [-0.39, 0.29) is 30.7 Å². The van der Waals surface area contributed by atoms with Crippen molar-refractivity contribution < 1.29 is 18.4 Å². The van der Waals surface area contributed by atoms with Gasteiger partial charge in [0, 0.05) is 32.0 Å². The summed E-state index contributed by atoms with van der Waals surface area (Å²) < 4.78 is 29.9. The van der Waals surface area contributed by atoms with Crippen molar-refractivity contribution in [2.45, 2.75) is 57.9 Å². The topological polar surface area (TPSA) is 90.5 Å². The van der Waals surface area contributed by atoms with Crippen LogP contribution < -0.4 is 15.5 Å². The van der Waals surface area contributed by atoms with Crippen molar-refractivity contribution in [3.63, 3.8) is 0 Å². The number of hydrogen-bond donors (Lipinski definition) is 2. The molecule has 0 aromatic carbocycles. The first-order chi connectivity index (χ1) is 15.7. The largest absolute Gasteiger partial charge is 0.369 e. The molecule has 2 amide bonds. The SMILES string of the molecule is CC(C)CN1CCC(C2CCN(c3cnc(NC4CCC(=O)NC4=O)nc3)CC2)C(F)(F)C1. The molecule has 4 rings (SSSR count). The number of carbonyl (C=O) groups excluding carboxylic acids is 2. The molecular formula is C23H34F2N6O2. The molecule has 1 aromatic heterocycles. The average molecular weight is 465 g/mol. The zero-order valence-corrected chi connectivity index (χ0v) is 19.4. The Morgan fingerprint density at radius 1 is 1.12 bits per heavy atom. The van der Waals surface area contributed by atoms with Crippen LogP contribution in [-0.4, -0.2) is 71.4 Å². The van der Waals surface area contributed by atoms with Gasteiger partial charge < -0.3 is 10.2 Å². The Bertz CT molecular complexity index is 842. The lowest BCUT2D eigenvalue weighted by Crippen LogP contribution is -2.53. The summed E-state index contributed by atoms with van der Waals surface area (Å²) in [6.45, 7) is 6.92. The van der Waals surface area contributed by atoms with Gasteiger partial charge in [-0.05, 0) is 44.1 Å². The number of nitrogens with zero attached hydrogens (tertiary/aromatic N) is 4. The van der Waals surface area contributed by atoms with Crippen LogP contribution >= 0.6 is 0 Å². The number of hydrogen-bond acceptors (Lipinski definition) is 7. The number of amides is 2. The van der Waals surface area contributed by atoms with Crippen LogP contribution in [0.5, 0.6) is 0 Å². The minimum atomic E-state index is -2.63. The second-order valence-electron chi connectivity index (χ2n) is 10.0. The highest BCUT2D eigenvalue weighted by atomic mass is 19.3. The first-order valence-electron chi connectivity index (χ1n) is 12.0. The van der Waals surface area contributed by atoms with Gasteiger partial charge in [0.1, 0.15) is 6.04 Å². The maximum atomic E-state index is 14.9. The molecule has 3 fully saturated rings. The number of halogens is 2. The average Bonchev–Trinajstić information content (AvgIpc) is 2.75. The van der Waals surface area contributed by atoms with Crippen LogP contribution in [0.15, 0.2) is 12.4 Å². The minimum absolute atomic E-state index is 0.0341. The van der Waals surface area contributed by atoms with E-state index in [1.165, 1.54) is 0 Å². The Hall–Kier alpha value is -2.36. The van der Waals surface area contributed by atoms with E-state index >= 15 is 0 Å². The molecule has 3 aliphatic heterocycles. The molecule has 10 heteroatoms. The van der Waals surface area contributed by atoms with Crippen molar-refractivity contribution in [1.82, 2.24) is 20.2 Å². The highest BCUT2D eigenvalue weighted by Crippen LogP contribution is 2.42. The maximum Gasteiger partial charge on any atom is 0.263 e. The second-order valence-corrected chi connectivity index (χ2v) is 10.0. The fourth-order valence-electron chi connectivity index (χ4n) is 5.39. The van der Waals surface area contributed by atoms with Crippen LogP contribution in [0.25, 0.3) is 0 Å². The zero-order valence-electron chi connectivity index (χ0n) is 19.4. The molecule has 0 radical (unpaired) electrons. The van der Waals surface area contributed by atoms with Crippen molar-refractivity contribution in [1.29, 1.82) is 0 Å². The quantitative estimate of drug-likeness (QED) is 0.625. The van der Waals surface area contributed by atoms with E-state index in [0.29, 0.717) is 37.8 Å². The van der Waals surface area contributed by atoms with Crippen molar-refractivity contribution >= 4 is 23.5 Å². The van der Waals surface area contributed by atoms with Gasteiger partial charge in [0.2, 0.25) is 17.8 Å². The number of likely N-dealkylation sites (tertiary alicyclic amines) is 1. The summed E-state index contributed by atoms with van der Waals surface area (Å²) in [4.78, 5) is 35.8. The fraction of sp³-hybridized carbons (Fsp3) is 0.739. The van der Waals surface area contributed by atoms with Crippen molar-refractivity contribution in [2.24, 2.45) is 17.8 Å². The molecule has 1 aromatic rings. The lowest BCUT2D eigenvalue weighted by Gasteiger charge is -2.45. The summed E-state index contributed by atoms with van der Waals surface area (Å²) in [5.41, 5.74) is 0.848. The smallest absolute Gasteiger partial charge is 0.263 e. The molecule has 3 aliphatic rings. The molecule has 8 nitrogen and oxygen atoms in total. The number of piperidine rings is 3. The molecule has 2 N–H and O–H groups in total. The van der Waals surface area contributed by atoms with E-state index in [0.717, 1.165) is 31.6 Å². The molecular weight excluding hydrogens is 430 g/mol. The Labute approximate surface area is 193 Å². The van der Waals surface area contributed by atoms with Crippen LogP contribution in [0.4, 0.5) is 20.4 Å². The normalized spacial score (nSPS) is 27.0. The number of anilines is 2. The van der Waals surface area contributed by atoms with Gasteiger partial charge in [-0.2, -0.15) is 0 Å². The van der Waals surface area contributed by atoms with Crippen molar-refractivity contribution in [2.75, 3.05) is 42.9 Å². The highest BCUT2D eigenvalue weighted by Gasteiger charge is 2.48. The van der Waals surface area contributed by atoms with E-state index in [1.54, 1.807) is 12.4 Å². The zero-order chi connectivity index (χ0) is 23.6. The Morgan fingerprint density at radius 3 is 2.42 bits per heavy atom. The Morgan fingerprint density at radius 2 is 1.82 bits per heavy atom. The Balaban J connectivity index is 1.28. The fourth-order valence-corrected chi connectivity index (χ4v) is 5.39. The molecule has 0 spiro atoms. The maximum absolute atomic E-state index is 14.9. The molecule has 182 valence electrons. The molecule has 33 heavy (non-hydrogen) atoms. The number of imide groups is 1. The third-order valence-corrected chi connectivity index (χ3v) is 7.01. The lowest BCUT2D eigenvalue weighted by atomic mass is 9.76. The first kappa shape index (κ1) is 23.8. The molecule has 2 atom stereocenters. The predicted octanol–water partition coefficient (Wildman–Crippen LogP) is 2.52. The summed E-state index contributed by atoms with van der Waals surface area (Å²) in [7, 11) is 0. The number of aromatic nitrogens is 2. The van der Waals surface area contributed by atoms with Gasteiger partial charge in [-0.25, -0.2) is 18.7 Å². The summed E-state index contributed by atoms with van der Waals surface area (Å²) in [6, 6.07) is -0.530.